The van der Waals surface area contributed by atoms with Gasteiger partial charge < -0.3 is 9.47 Å². The van der Waals surface area contributed by atoms with Crippen LogP contribution in [0.5, 0.6) is 5.75 Å². The zero-order valence-corrected chi connectivity index (χ0v) is 12.3. The molecule has 0 spiro atoms. The van der Waals surface area contributed by atoms with Crippen molar-refractivity contribution in [3.05, 3.63) is 29.3 Å². The van der Waals surface area contributed by atoms with Crippen LogP contribution in [0.15, 0.2) is 18.2 Å². The summed E-state index contributed by atoms with van der Waals surface area (Å²) in [5, 5.41) is 0. The lowest BCUT2D eigenvalue weighted by molar-refractivity contribution is -0.0441. The number of fused-ring (bicyclic) bond motifs is 1. The summed E-state index contributed by atoms with van der Waals surface area (Å²) in [7, 11) is -5.25. The number of sulfone groups is 1. The molecule has 1 aromatic rings. The third-order valence-corrected chi connectivity index (χ3v) is 4.59. The molecule has 0 N–H and O–H groups in total. The van der Waals surface area contributed by atoms with E-state index in [1.807, 2.05) is 0 Å². The van der Waals surface area contributed by atoms with Crippen LogP contribution in [0, 0.1) is 0 Å². The van der Waals surface area contributed by atoms with Crippen LogP contribution in [0.2, 0.25) is 0 Å². The van der Waals surface area contributed by atoms with Gasteiger partial charge in [0.15, 0.2) is 0 Å². The standard InChI is InChI=1S/C13H13F3O5S/c1-2-20-12(17)8-3-4-11-9(5-8)6-10(21-11)7-22(18,19)13(14,15)16/h3-5,10H,2,6-7H2,1H3. The van der Waals surface area contributed by atoms with Crippen LogP contribution >= 0.6 is 0 Å². The molecule has 2 rings (SSSR count). The van der Waals surface area contributed by atoms with Gasteiger partial charge >= 0.3 is 11.5 Å². The second-order valence-electron chi connectivity index (χ2n) is 4.71. The van der Waals surface area contributed by atoms with Gasteiger partial charge in [-0.1, -0.05) is 0 Å². The highest BCUT2D eigenvalue weighted by Gasteiger charge is 2.47. The largest absolute Gasteiger partial charge is 0.497 e. The van der Waals surface area contributed by atoms with Gasteiger partial charge in [-0.2, -0.15) is 13.2 Å². The first-order chi connectivity index (χ1) is 10.1. The summed E-state index contributed by atoms with van der Waals surface area (Å²) in [5.41, 5.74) is -4.59. The van der Waals surface area contributed by atoms with Crippen LogP contribution in [-0.2, 0) is 21.0 Å². The van der Waals surface area contributed by atoms with E-state index < -0.39 is 33.2 Å². The maximum absolute atomic E-state index is 12.4. The van der Waals surface area contributed by atoms with Gasteiger partial charge in [0, 0.05) is 6.42 Å². The first-order valence-electron chi connectivity index (χ1n) is 6.40. The molecule has 0 fully saturated rings. The van der Waals surface area contributed by atoms with E-state index in [9.17, 15) is 26.4 Å². The zero-order valence-electron chi connectivity index (χ0n) is 11.5. The monoisotopic (exact) mass is 338 g/mol. The number of esters is 1. The molecule has 0 bridgehead atoms. The number of ether oxygens (including phenoxy) is 2. The van der Waals surface area contributed by atoms with Crippen LogP contribution in [0.4, 0.5) is 13.2 Å². The first-order valence-corrected chi connectivity index (χ1v) is 8.05. The van der Waals surface area contributed by atoms with E-state index in [4.69, 9.17) is 9.47 Å². The highest BCUT2D eigenvalue weighted by atomic mass is 32.2. The summed E-state index contributed by atoms with van der Waals surface area (Å²) >= 11 is 0. The molecule has 5 nitrogen and oxygen atoms in total. The van der Waals surface area contributed by atoms with Crippen molar-refractivity contribution in [2.45, 2.75) is 25.0 Å². The Kier molecular flexibility index (Phi) is 4.37. The molecular weight excluding hydrogens is 325 g/mol. The maximum atomic E-state index is 12.4. The molecule has 1 atom stereocenters. The van der Waals surface area contributed by atoms with Crippen LogP contribution < -0.4 is 4.74 Å². The van der Waals surface area contributed by atoms with Crippen molar-refractivity contribution in [1.82, 2.24) is 0 Å². The summed E-state index contributed by atoms with van der Waals surface area (Å²) in [6.45, 7) is 1.84. The average molecular weight is 338 g/mol. The Morgan fingerprint density at radius 2 is 2.09 bits per heavy atom. The predicted octanol–water partition coefficient (Wildman–Crippen LogP) is 2.10. The lowest BCUT2D eigenvalue weighted by atomic mass is 10.1. The van der Waals surface area contributed by atoms with Gasteiger partial charge in [-0.25, -0.2) is 13.2 Å². The highest BCUT2D eigenvalue weighted by molar-refractivity contribution is 7.92. The van der Waals surface area contributed by atoms with E-state index in [0.717, 1.165) is 0 Å². The molecule has 122 valence electrons. The van der Waals surface area contributed by atoms with E-state index in [2.05, 4.69) is 0 Å². The van der Waals surface area contributed by atoms with Crippen molar-refractivity contribution in [3.8, 4) is 5.75 Å². The predicted molar refractivity (Wildman–Crippen MR) is 70.4 cm³/mol. The number of carbonyl (C=O) groups excluding carboxylic acids is 1. The summed E-state index contributed by atoms with van der Waals surface area (Å²) in [6.07, 6.45) is -1.14. The molecule has 22 heavy (non-hydrogen) atoms. The molecule has 1 aromatic carbocycles. The van der Waals surface area contributed by atoms with Gasteiger partial charge in [-0.15, -0.1) is 0 Å². The molecule has 1 aliphatic heterocycles. The summed E-state index contributed by atoms with van der Waals surface area (Å²) in [6, 6.07) is 4.27. The Labute approximate surface area is 124 Å². The average Bonchev–Trinajstić information content (AvgIpc) is 2.77. The van der Waals surface area contributed by atoms with Gasteiger partial charge in [0.05, 0.1) is 17.9 Å². The molecule has 0 amide bonds. The fourth-order valence-electron chi connectivity index (χ4n) is 2.09. The van der Waals surface area contributed by atoms with Crippen LogP contribution in [-0.4, -0.2) is 38.4 Å². The number of alkyl halides is 3. The second kappa shape index (κ2) is 5.79. The normalized spacial score (nSPS) is 17.7. The van der Waals surface area contributed by atoms with Gasteiger partial charge in [-0.3, -0.25) is 0 Å². The maximum Gasteiger partial charge on any atom is 0.497 e. The minimum atomic E-state index is -5.30. The minimum Gasteiger partial charge on any atom is -0.489 e. The third-order valence-electron chi connectivity index (χ3n) is 3.07. The lowest BCUT2D eigenvalue weighted by Gasteiger charge is -2.12. The number of benzene rings is 1. The van der Waals surface area contributed by atoms with Crippen LogP contribution in [0.3, 0.4) is 0 Å². The molecule has 1 heterocycles. The SMILES string of the molecule is CCOC(=O)c1ccc2c(c1)CC(CS(=O)(=O)C(F)(F)F)O2. The number of rotatable bonds is 4. The molecule has 0 saturated carbocycles. The quantitative estimate of drug-likeness (QED) is 0.787. The van der Waals surface area contributed by atoms with Crippen molar-refractivity contribution < 1.29 is 35.9 Å². The second-order valence-corrected chi connectivity index (χ2v) is 6.74. The van der Waals surface area contributed by atoms with Crippen molar-refractivity contribution in [1.29, 1.82) is 0 Å². The van der Waals surface area contributed by atoms with Crippen LogP contribution in [0.1, 0.15) is 22.8 Å². The number of hydrogen-bond acceptors (Lipinski definition) is 5. The van der Waals surface area contributed by atoms with E-state index in [0.29, 0.717) is 5.56 Å². The van der Waals surface area contributed by atoms with E-state index in [-0.39, 0.29) is 24.3 Å². The summed E-state index contributed by atoms with van der Waals surface area (Å²) in [5.74, 6) is -1.44. The topological polar surface area (TPSA) is 69.7 Å². The van der Waals surface area contributed by atoms with Crippen molar-refractivity contribution in [2.24, 2.45) is 0 Å². The van der Waals surface area contributed by atoms with E-state index >= 15 is 0 Å². The van der Waals surface area contributed by atoms with Gasteiger partial charge in [0.2, 0.25) is 0 Å². The van der Waals surface area contributed by atoms with E-state index in [1.165, 1.54) is 18.2 Å². The van der Waals surface area contributed by atoms with E-state index in [1.54, 1.807) is 6.92 Å². The van der Waals surface area contributed by atoms with Gasteiger partial charge in [0.1, 0.15) is 11.9 Å². The Balaban J connectivity index is 2.13. The fourth-order valence-corrected chi connectivity index (χ4v) is 2.96. The Morgan fingerprint density at radius 3 is 2.68 bits per heavy atom. The first kappa shape index (κ1) is 16.6. The zero-order chi connectivity index (χ0) is 16.5. The molecule has 1 unspecified atom stereocenters. The molecule has 0 aliphatic carbocycles. The van der Waals surface area contributed by atoms with Crippen LogP contribution in [0.25, 0.3) is 0 Å². The van der Waals surface area contributed by atoms with Crippen molar-refractivity contribution >= 4 is 15.8 Å². The summed E-state index contributed by atoms with van der Waals surface area (Å²) < 4.78 is 69.4. The summed E-state index contributed by atoms with van der Waals surface area (Å²) in [4.78, 5) is 11.6. The molecular formula is C13H13F3O5S. The molecule has 0 radical (unpaired) electrons. The molecule has 0 aromatic heterocycles. The Bertz CT molecular complexity index is 681. The Morgan fingerprint density at radius 1 is 1.41 bits per heavy atom. The van der Waals surface area contributed by atoms with Gasteiger partial charge in [-0.05, 0) is 30.7 Å². The smallest absolute Gasteiger partial charge is 0.489 e. The number of carbonyl (C=O) groups is 1. The third kappa shape index (κ3) is 3.34. The molecule has 0 saturated heterocycles. The minimum absolute atomic E-state index is 0.0160. The van der Waals surface area contributed by atoms with Gasteiger partial charge in [0.25, 0.3) is 9.84 Å². The lowest BCUT2D eigenvalue weighted by Crippen LogP contribution is -2.34. The Hall–Kier alpha value is -1.77. The number of halogens is 3. The fraction of sp³-hybridized carbons (Fsp3) is 0.462. The number of hydrogen-bond donors (Lipinski definition) is 0. The molecule has 1 aliphatic rings. The molecule has 9 heteroatoms. The van der Waals surface area contributed by atoms with Crippen molar-refractivity contribution in [3.63, 3.8) is 0 Å². The highest BCUT2D eigenvalue weighted by Crippen LogP contribution is 2.33. The van der Waals surface area contributed by atoms with Crippen molar-refractivity contribution in [2.75, 3.05) is 12.4 Å².